The Morgan fingerprint density at radius 3 is 2.89 bits per heavy atom. The molecule has 1 aliphatic rings. The van der Waals surface area contributed by atoms with Gasteiger partial charge in [0.1, 0.15) is 6.07 Å². The first kappa shape index (κ1) is 13.8. The van der Waals surface area contributed by atoms with E-state index in [1.165, 1.54) is 12.1 Å². The summed E-state index contributed by atoms with van der Waals surface area (Å²) in [5.74, 6) is -2.05. The molecule has 1 aliphatic heterocycles. The molecule has 0 saturated carbocycles. The highest BCUT2D eigenvalue weighted by Gasteiger charge is 2.23. The summed E-state index contributed by atoms with van der Waals surface area (Å²) >= 11 is 0. The first-order valence-corrected chi connectivity index (χ1v) is 6.53. The number of halogens is 2. The van der Waals surface area contributed by atoms with Gasteiger partial charge in [-0.25, -0.2) is 8.78 Å². The van der Waals surface area contributed by atoms with Crippen LogP contribution >= 0.6 is 0 Å². The van der Waals surface area contributed by atoms with Crippen molar-refractivity contribution in [3.63, 3.8) is 0 Å². The van der Waals surface area contributed by atoms with E-state index < -0.39 is 11.6 Å². The maximum atomic E-state index is 13.7. The van der Waals surface area contributed by atoms with Crippen molar-refractivity contribution in [2.24, 2.45) is 0 Å². The molecule has 1 saturated heterocycles. The van der Waals surface area contributed by atoms with Crippen molar-refractivity contribution >= 4 is 5.69 Å². The molecule has 0 amide bonds. The predicted molar refractivity (Wildman–Crippen MR) is 69.8 cm³/mol. The number of nitrogens with one attached hydrogen (secondary N) is 1. The minimum Gasteiger partial charge on any atom is -0.381 e. The molecule has 0 spiro atoms. The average molecular weight is 265 g/mol. The first-order valence-electron chi connectivity index (χ1n) is 6.53. The van der Waals surface area contributed by atoms with Gasteiger partial charge in [0.05, 0.1) is 11.3 Å². The highest BCUT2D eigenvalue weighted by atomic mass is 19.2. The molecule has 0 bridgehead atoms. The van der Waals surface area contributed by atoms with E-state index in [4.69, 9.17) is 5.26 Å². The average Bonchev–Trinajstić information content (AvgIpc) is 2.88. The molecule has 102 valence electrons. The Balaban J connectivity index is 2.04. The lowest BCUT2D eigenvalue weighted by Crippen LogP contribution is -2.34. The van der Waals surface area contributed by atoms with E-state index in [1.807, 2.05) is 0 Å². The highest BCUT2D eigenvalue weighted by Crippen LogP contribution is 2.22. The smallest absolute Gasteiger partial charge is 0.183 e. The van der Waals surface area contributed by atoms with Crippen molar-refractivity contribution in [1.82, 2.24) is 4.90 Å². The van der Waals surface area contributed by atoms with Crippen LogP contribution < -0.4 is 5.32 Å². The molecule has 1 unspecified atom stereocenters. The molecular formula is C14H17F2N3. The number of likely N-dealkylation sites (N-methyl/N-ethyl adjacent to an activating group) is 1. The van der Waals surface area contributed by atoms with Gasteiger partial charge in [0.15, 0.2) is 11.6 Å². The molecule has 0 aromatic heterocycles. The Morgan fingerprint density at radius 2 is 2.21 bits per heavy atom. The van der Waals surface area contributed by atoms with E-state index in [2.05, 4.69) is 17.1 Å². The van der Waals surface area contributed by atoms with Crippen LogP contribution in [0.2, 0.25) is 0 Å². The Labute approximate surface area is 111 Å². The topological polar surface area (TPSA) is 39.1 Å². The minimum atomic E-state index is -1.08. The van der Waals surface area contributed by atoms with Gasteiger partial charge in [-0.15, -0.1) is 0 Å². The van der Waals surface area contributed by atoms with Gasteiger partial charge < -0.3 is 5.32 Å². The van der Waals surface area contributed by atoms with Crippen molar-refractivity contribution in [3.05, 3.63) is 29.3 Å². The predicted octanol–water partition coefficient (Wildman–Crippen LogP) is 2.73. The summed E-state index contributed by atoms with van der Waals surface area (Å²) in [5.41, 5.74) is -0.140. The van der Waals surface area contributed by atoms with Gasteiger partial charge in [0.2, 0.25) is 0 Å². The Hall–Kier alpha value is -1.67. The van der Waals surface area contributed by atoms with Crippen molar-refractivity contribution in [1.29, 1.82) is 5.26 Å². The fourth-order valence-corrected chi connectivity index (χ4v) is 2.54. The molecule has 1 N–H and O–H groups in total. The molecule has 1 aromatic carbocycles. The van der Waals surface area contributed by atoms with Gasteiger partial charge in [0.25, 0.3) is 0 Å². The van der Waals surface area contributed by atoms with Gasteiger partial charge in [-0.1, -0.05) is 6.92 Å². The first-order chi connectivity index (χ1) is 9.17. The highest BCUT2D eigenvalue weighted by molar-refractivity contribution is 5.49. The molecule has 1 atom stereocenters. The van der Waals surface area contributed by atoms with Gasteiger partial charge in [0, 0.05) is 12.6 Å². The van der Waals surface area contributed by atoms with E-state index >= 15 is 0 Å². The molecule has 1 fully saturated rings. The zero-order valence-electron chi connectivity index (χ0n) is 10.9. The van der Waals surface area contributed by atoms with Crippen molar-refractivity contribution in [3.8, 4) is 6.07 Å². The lowest BCUT2D eigenvalue weighted by atomic mass is 10.1. The number of benzene rings is 1. The second-order valence-electron chi connectivity index (χ2n) is 4.71. The maximum Gasteiger partial charge on any atom is 0.183 e. The monoisotopic (exact) mass is 265 g/mol. The van der Waals surface area contributed by atoms with Gasteiger partial charge in [-0.3, -0.25) is 4.90 Å². The normalized spacial score (nSPS) is 19.4. The van der Waals surface area contributed by atoms with Crippen molar-refractivity contribution < 1.29 is 8.78 Å². The van der Waals surface area contributed by atoms with Gasteiger partial charge >= 0.3 is 0 Å². The SMILES string of the molecule is CCN1CCCC1CNc1ccc(C#N)c(F)c1F. The summed E-state index contributed by atoms with van der Waals surface area (Å²) in [4.78, 5) is 2.32. The van der Waals surface area contributed by atoms with Crippen molar-refractivity contribution in [2.45, 2.75) is 25.8 Å². The molecule has 1 aromatic rings. The third kappa shape index (κ3) is 2.85. The van der Waals surface area contributed by atoms with Crippen LogP contribution in [0.1, 0.15) is 25.3 Å². The number of likely N-dealkylation sites (tertiary alicyclic amines) is 1. The molecule has 5 heteroatoms. The largest absolute Gasteiger partial charge is 0.381 e. The zero-order chi connectivity index (χ0) is 13.8. The standard InChI is InChI=1S/C14H17F2N3/c1-2-19-7-3-4-11(19)9-18-12-6-5-10(8-17)13(15)14(12)16/h5-6,11,18H,2-4,7,9H2,1H3. The fraction of sp³-hybridized carbons (Fsp3) is 0.500. The summed E-state index contributed by atoms with van der Waals surface area (Å²) in [6.07, 6.45) is 2.21. The van der Waals surface area contributed by atoms with Crippen LogP contribution in [0.5, 0.6) is 0 Å². The lowest BCUT2D eigenvalue weighted by Gasteiger charge is -2.23. The van der Waals surface area contributed by atoms with E-state index in [1.54, 1.807) is 6.07 Å². The van der Waals surface area contributed by atoms with Gasteiger partial charge in [-0.05, 0) is 38.1 Å². The molecule has 2 rings (SSSR count). The summed E-state index contributed by atoms with van der Waals surface area (Å²) in [6.45, 7) is 4.72. The molecule has 19 heavy (non-hydrogen) atoms. The number of hydrogen-bond acceptors (Lipinski definition) is 3. The number of nitrogens with zero attached hydrogens (tertiary/aromatic N) is 2. The molecule has 0 aliphatic carbocycles. The van der Waals surface area contributed by atoms with Crippen LogP contribution in [0.3, 0.4) is 0 Å². The molecule has 3 nitrogen and oxygen atoms in total. The van der Waals surface area contributed by atoms with Gasteiger partial charge in [-0.2, -0.15) is 5.26 Å². The molecule has 0 radical (unpaired) electrons. The van der Waals surface area contributed by atoms with Crippen LogP contribution in [-0.2, 0) is 0 Å². The number of anilines is 1. The quantitative estimate of drug-likeness (QED) is 0.909. The fourth-order valence-electron chi connectivity index (χ4n) is 2.54. The summed E-state index contributed by atoms with van der Waals surface area (Å²) in [6, 6.07) is 4.71. The summed E-state index contributed by atoms with van der Waals surface area (Å²) in [7, 11) is 0. The van der Waals surface area contributed by atoms with Crippen LogP contribution in [-0.4, -0.2) is 30.6 Å². The maximum absolute atomic E-state index is 13.7. The number of nitriles is 1. The second-order valence-corrected chi connectivity index (χ2v) is 4.71. The van der Waals surface area contributed by atoms with Crippen LogP contribution in [0, 0.1) is 23.0 Å². The van der Waals surface area contributed by atoms with E-state index in [-0.39, 0.29) is 11.3 Å². The van der Waals surface area contributed by atoms with Crippen LogP contribution in [0.15, 0.2) is 12.1 Å². The third-order valence-electron chi connectivity index (χ3n) is 3.64. The van der Waals surface area contributed by atoms with E-state index in [9.17, 15) is 8.78 Å². The third-order valence-corrected chi connectivity index (χ3v) is 3.64. The van der Waals surface area contributed by atoms with Crippen LogP contribution in [0.4, 0.5) is 14.5 Å². The Morgan fingerprint density at radius 1 is 1.42 bits per heavy atom. The zero-order valence-corrected chi connectivity index (χ0v) is 10.9. The molecule has 1 heterocycles. The summed E-state index contributed by atoms with van der Waals surface area (Å²) in [5, 5.41) is 11.6. The van der Waals surface area contributed by atoms with Crippen LogP contribution in [0.25, 0.3) is 0 Å². The number of hydrogen-bond donors (Lipinski definition) is 1. The minimum absolute atomic E-state index is 0.124. The van der Waals surface area contributed by atoms with E-state index in [0.717, 1.165) is 25.9 Å². The summed E-state index contributed by atoms with van der Waals surface area (Å²) < 4.78 is 27.2. The van der Waals surface area contributed by atoms with E-state index in [0.29, 0.717) is 12.6 Å². The lowest BCUT2D eigenvalue weighted by molar-refractivity contribution is 0.277. The van der Waals surface area contributed by atoms with Crippen molar-refractivity contribution in [2.75, 3.05) is 25.0 Å². The Kier molecular flexibility index (Phi) is 4.33. The number of rotatable bonds is 4. The molecular weight excluding hydrogens is 248 g/mol. The second kappa shape index (κ2) is 5.98. The Bertz CT molecular complexity index is 496.